The number of fused-ring (bicyclic) bond motifs is 1. The summed E-state index contributed by atoms with van der Waals surface area (Å²) in [5.74, 6) is 0.409. The Hall–Kier alpha value is -1.89. The Morgan fingerprint density at radius 2 is 2.05 bits per heavy atom. The molecule has 1 aromatic rings. The molecule has 0 bridgehead atoms. The summed E-state index contributed by atoms with van der Waals surface area (Å²) >= 11 is 0. The van der Waals surface area contributed by atoms with Crippen molar-refractivity contribution in [1.82, 2.24) is 9.62 Å². The number of nitrogens with zero attached hydrogens (tertiary/aromatic N) is 2. The quantitative estimate of drug-likeness (QED) is 0.873. The van der Waals surface area contributed by atoms with Crippen molar-refractivity contribution in [3.63, 3.8) is 0 Å². The fourth-order valence-corrected chi connectivity index (χ4v) is 3.49. The number of aliphatic imine (C=N–C) groups is 1. The van der Waals surface area contributed by atoms with Crippen LogP contribution in [0.3, 0.4) is 0 Å². The van der Waals surface area contributed by atoms with Crippen molar-refractivity contribution in [2.24, 2.45) is 4.99 Å². The Balaban J connectivity index is 1.72. The third kappa shape index (κ3) is 2.29. The van der Waals surface area contributed by atoms with Crippen LogP contribution in [0.5, 0.6) is 0 Å². The van der Waals surface area contributed by atoms with E-state index in [1.54, 1.807) is 29.2 Å². The molecule has 106 valence electrons. The lowest BCUT2D eigenvalue weighted by molar-refractivity contribution is -0.134. The summed E-state index contributed by atoms with van der Waals surface area (Å²) in [6.45, 7) is 1.94. The van der Waals surface area contributed by atoms with Crippen LogP contribution in [0.1, 0.15) is 18.4 Å². The number of nitrogens with one attached hydrogen (secondary N) is 1. The second kappa shape index (κ2) is 4.90. The van der Waals surface area contributed by atoms with Crippen LogP contribution < -0.4 is 4.72 Å². The van der Waals surface area contributed by atoms with Gasteiger partial charge in [0.05, 0.1) is 11.4 Å². The second-order valence-electron chi connectivity index (χ2n) is 4.82. The van der Waals surface area contributed by atoms with E-state index >= 15 is 0 Å². The highest BCUT2D eigenvalue weighted by atomic mass is 32.2. The second-order valence-corrected chi connectivity index (χ2v) is 6.47. The number of likely N-dealkylation sites (tertiary alicyclic amines) is 1. The standard InChI is InChI=1S/C13H15N3O3S/c17-12(16-8-3-9-16)6-7-14-13-10-4-1-2-5-11(10)20(18,19)15-13/h1-2,4-5H,3,6-9H2,(H,14,15). The highest BCUT2D eigenvalue weighted by Crippen LogP contribution is 2.22. The van der Waals surface area contributed by atoms with Gasteiger partial charge in [0.2, 0.25) is 5.91 Å². The molecule has 20 heavy (non-hydrogen) atoms. The van der Waals surface area contributed by atoms with Crippen LogP contribution in [-0.4, -0.2) is 44.7 Å². The van der Waals surface area contributed by atoms with Crippen LogP contribution in [0.25, 0.3) is 0 Å². The van der Waals surface area contributed by atoms with Crippen molar-refractivity contribution in [1.29, 1.82) is 0 Å². The summed E-state index contributed by atoms with van der Waals surface area (Å²) in [5, 5.41) is 0. The molecule has 6 nitrogen and oxygen atoms in total. The third-order valence-electron chi connectivity index (χ3n) is 3.47. The number of amides is 1. The number of hydrogen-bond donors (Lipinski definition) is 1. The molecule has 1 saturated heterocycles. The topological polar surface area (TPSA) is 78.8 Å². The van der Waals surface area contributed by atoms with Crippen molar-refractivity contribution in [3.05, 3.63) is 29.8 Å². The normalized spacial score (nSPS) is 21.2. The average Bonchev–Trinajstić information content (AvgIpc) is 2.60. The Morgan fingerprint density at radius 1 is 1.30 bits per heavy atom. The average molecular weight is 293 g/mol. The van der Waals surface area contributed by atoms with E-state index in [-0.39, 0.29) is 10.8 Å². The molecule has 3 rings (SSSR count). The Bertz CT molecular complexity index is 678. The largest absolute Gasteiger partial charge is 0.343 e. The van der Waals surface area contributed by atoms with E-state index in [4.69, 9.17) is 0 Å². The van der Waals surface area contributed by atoms with Crippen molar-refractivity contribution in [3.8, 4) is 0 Å². The van der Waals surface area contributed by atoms with Gasteiger partial charge in [0, 0.05) is 25.1 Å². The number of benzene rings is 1. The van der Waals surface area contributed by atoms with Crippen molar-refractivity contribution in [2.75, 3.05) is 19.6 Å². The molecule has 2 aliphatic rings. The number of carbonyl (C=O) groups excluding carboxylic acids is 1. The van der Waals surface area contributed by atoms with Crippen LogP contribution in [-0.2, 0) is 14.8 Å². The monoisotopic (exact) mass is 293 g/mol. The maximum absolute atomic E-state index is 11.9. The van der Waals surface area contributed by atoms with Gasteiger partial charge in [0.1, 0.15) is 5.84 Å². The lowest BCUT2D eigenvalue weighted by Crippen LogP contribution is -2.42. The Kier molecular flexibility index (Phi) is 3.21. The highest BCUT2D eigenvalue weighted by Gasteiger charge is 2.30. The van der Waals surface area contributed by atoms with Gasteiger partial charge in [-0.3, -0.25) is 14.5 Å². The molecule has 1 fully saturated rings. The van der Waals surface area contributed by atoms with Crippen LogP contribution in [0.4, 0.5) is 0 Å². The molecule has 0 atom stereocenters. The maximum Gasteiger partial charge on any atom is 0.263 e. The molecule has 1 N–H and O–H groups in total. The summed E-state index contributed by atoms with van der Waals surface area (Å²) < 4.78 is 26.1. The minimum absolute atomic E-state index is 0.0785. The van der Waals surface area contributed by atoms with Crippen molar-refractivity contribution < 1.29 is 13.2 Å². The molecule has 0 radical (unpaired) electrons. The van der Waals surface area contributed by atoms with Gasteiger partial charge in [-0.2, -0.15) is 0 Å². The zero-order valence-electron chi connectivity index (χ0n) is 10.9. The fourth-order valence-electron chi connectivity index (χ4n) is 2.24. The number of hydrogen-bond acceptors (Lipinski definition) is 4. The summed E-state index contributed by atoms with van der Waals surface area (Å²) in [4.78, 5) is 17.9. The lowest BCUT2D eigenvalue weighted by Gasteiger charge is -2.30. The summed E-state index contributed by atoms with van der Waals surface area (Å²) in [5.41, 5.74) is 0.573. The fraction of sp³-hybridized carbons (Fsp3) is 0.385. The van der Waals surface area contributed by atoms with Gasteiger partial charge < -0.3 is 4.90 Å². The first-order chi connectivity index (χ1) is 9.58. The molecule has 1 aromatic carbocycles. The van der Waals surface area contributed by atoms with E-state index < -0.39 is 10.0 Å². The first-order valence-electron chi connectivity index (χ1n) is 6.52. The van der Waals surface area contributed by atoms with E-state index in [0.717, 1.165) is 19.5 Å². The maximum atomic E-state index is 11.9. The van der Waals surface area contributed by atoms with E-state index in [2.05, 4.69) is 9.71 Å². The first kappa shape index (κ1) is 13.1. The minimum Gasteiger partial charge on any atom is -0.343 e. The van der Waals surface area contributed by atoms with Gasteiger partial charge >= 0.3 is 0 Å². The lowest BCUT2D eigenvalue weighted by atomic mass is 10.2. The van der Waals surface area contributed by atoms with Crippen molar-refractivity contribution in [2.45, 2.75) is 17.7 Å². The molecule has 0 aromatic heterocycles. The van der Waals surface area contributed by atoms with Crippen molar-refractivity contribution >= 4 is 21.8 Å². The summed E-state index contributed by atoms with van der Waals surface area (Å²) in [6.07, 6.45) is 1.38. The molecular weight excluding hydrogens is 278 g/mol. The van der Waals surface area contributed by atoms with Gasteiger partial charge in [-0.05, 0) is 18.6 Å². The van der Waals surface area contributed by atoms with E-state index in [1.165, 1.54) is 0 Å². The number of sulfonamides is 1. The molecule has 0 aliphatic carbocycles. The van der Waals surface area contributed by atoms with E-state index in [1.807, 2.05) is 0 Å². The highest BCUT2D eigenvalue weighted by molar-refractivity contribution is 7.90. The van der Waals surface area contributed by atoms with Gasteiger partial charge in [0.15, 0.2) is 0 Å². The summed E-state index contributed by atoms with van der Waals surface area (Å²) in [7, 11) is -3.49. The molecule has 0 unspecified atom stereocenters. The number of rotatable bonds is 3. The molecule has 0 spiro atoms. The molecule has 0 saturated carbocycles. The first-order valence-corrected chi connectivity index (χ1v) is 8.01. The zero-order chi connectivity index (χ0) is 14.2. The minimum atomic E-state index is -3.49. The predicted molar refractivity (Wildman–Crippen MR) is 74.0 cm³/mol. The van der Waals surface area contributed by atoms with Crippen LogP contribution in [0, 0.1) is 0 Å². The zero-order valence-corrected chi connectivity index (χ0v) is 11.7. The Labute approximate surface area is 117 Å². The molecule has 1 amide bonds. The van der Waals surface area contributed by atoms with E-state index in [0.29, 0.717) is 24.4 Å². The third-order valence-corrected chi connectivity index (χ3v) is 4.86. The molecule has 2 heterocycles. The molecular formula is C13H15N3O3S. The van der Waals surface area contributed by atoms with Gasteiger partial charge in [-0.1, -0.05) is 12.1 Å². The Morgan fingerprint density at radius 3 is 2.75 bits per heavy atom. The van der Waals surface area contributed by atoms with E-state index in [9.17, 15) is 13.2 Å². The molecule has 2 aliphatic heterocycles. The smallest absolute Gasteiger partial charge is 0.263 e. The predicted octanol–water partition coefficient (Wildman–Crippen LogP) is 0.347. The molecule has 7 heteroatoms. The van der Waals surface area contributed by atoms with Gasteiger partial charge in [0.25, 0.3) is 10.0 Å². The summed E-state index contributed by atoms with van der Waals surface area (Å²) in [6, 6.07) is 6.70. The number of carbonyl (C=O) groups is 1. The number of amidine groups is 1. The van der Waals surface area contributed by atoms with Crippen LogP contribution in [0.2, 0.25) is 0 Å². The SMILES string of the molecule is O=C(CCN=C1NS(=O)(=O)c2ccccc21)N1CCC1. The van der Waals surface area contributed by atoms with Gasteiger partial charge in [-0.25, -0.2) is 8.42 Å². The van der Waals surface area contributed by atoms with Gasteiger partial charge in [-0.15, -0.1) is 0 Å². The van der Waals surface area contributed by atoms with Crippen LogP contribution >= 0.6 is 0 Å². The van der Waals surface area contributed by atoms with Crippen LogP contribution in [0.15, 0.2) is 34.2 Å².